The fraction of sp³-hybridized carbons (Fsp3) is 0.333. The van der Waals surface area contributed by atoms with Crippen molar-refractivity contribution in [2.45, 2.75) is 24.7 Å². The van der Waals surface area contributed by atoms with E-state index < -0.39 is 22.0 Å². The lowest BCUT2D eigenvalue weighted by atomic mass is 10.0. The Balaban J connectivity index is 1.71. The lowest BCUT2D eigenvalue weighted by Crippen LogP contribution is -2.37. The summed E-state index contributed by atoms with van der Waals surface area (Å²) in [4.78, 5) is 24.1. The zero-order chi connectivity index (χ0) is 21.0. The van der Waals surface area contributed by atoms with Gasteiger partial charge >= 0.3 is 11.9 Å². The van der Waals surface area contributed by atoms with Gasteiger partial charge in [0.2, 0.25) is 10.0 Å². The molecule has 1 aliphatic heterocycles. The molecule has 1 aliphatic rings. The number of piperidine rings is 1. The Labute approximate surface area is 170 Å². The van der Waals surface area contributed by atoms with Gasteiger partial charge in [0.1, 0.15) is 5.75 Å². The molecule has 0 aliphatic carbocycles. The molecular weight excluding hydrogens is 394 g/mol. The van der Waals surface area contributed by atoms with Gasteiger partial charge in [0, 0.05) is 13.1 Å². The van der Waals surface area contributed by atoms with Crippen molar-refractivity contribution >= 4 is 22.0 Å². The normalized spacial score (nSPS) is 15.7. The number of nitrogens with zero attached hydrogens (tertiary/aromatic N) is 1. The highest BCUT2D eigenvalue weighted by Gasteiger charge is 2.28. The van der Waals surface area contributed by atoms with Crippen LogP contribution >= 0.6 is 0 Å². The van der Waals surface area contributed by atoms with E-state index >= 15 is 0 Å². The summed E-state index contributed by atoms with van der Waals surface area (Å²) in [6.07, 6.45) is 1.68. The van der Waals surface area contributed by atoms with E-state index in [0.29, 0.717) is 19.0 Å². The summed E-state index contributed by atoms with van der Waals surface area (Å²) in [5.41, 5.74) is 0.467. The molecular formula is C21H23NO6S. The first-order chi connectivity index (χ1) is 13.8. The first-order valence-electron chi connectivity index (χ1n) is 9.32. The van der Waals surface area contributed by atoms with Crippen LogP contribution in [0, 0.1) is 5.92 Å². The molecule has 2 aromatic rings. The van der Waals surface area contributed by atoms with Gasteiger partial charge in [-0.1, -0.05) is 13.0 Å². The van der Waals surface area contributed by atoms with Crippen molar-refractivity contribution in [3.8, 4) is 5.75 Å². The summed E-state index contributed by atoms with van der Waals surface area (Å²) < 4.78 is 36.9. The molecule has 1 fully saturated rings. The van der Waals surface area contributed by atoms with Crippen LogP contribution in [0.3, 0.4) is 0 Å². The van der Waals surface area contributed by atoms with Crippen LogP contribution in [0.1, 0.15) is 40.5 Å². The summed E-state index contributed by atoms with van der Waals surface area (Å²) in [5, 5.41) is 0. The van der Waals surface area contributed by atoms with Gasteiger partial charge in [-0.15, -0.1) is 0 Å². The standard InChI is InChI=1S/C21H23NO6S/c1-15-10-12-22(13-11-15)29(25,26)19-8-6-16(7-9-19)21(24)28-18-5-3-4-17(14-18)20(23)27-2/h3-9,14-15H,10-13H2,1-2H3. The van der Waals surface area contributed by atoms with Gasteiger partial charge in [-0.05, 0) is 61.2 Å². The largest absolute Gasteiger partial charge is 0.465 e. The minimum absolute atomic E-state index is 0.149. The molecule has 0 N–H and O–H groups in total. The number of sulfonamides is 1. The molecule has 0 bridgehead atoms. The Hall–Kier alpha value is -2.71. The molecule has 2 aromatic carbocycles. The highest BCUT2D eigenvalue weighted by Crippen LogP contribution is 2.24. The number of benzene rings is 2. The average molecular weight is 417 g/mol. The molecule has 0 radical (unpaired) electrons. The van der Waals surface area contributed by atoms with Crippen molar-refractivity contribution < 1.29 is 27.5 Å². The molecule has 0 spiro atoms. The van der Waals surface area contributed by atoms with Gasteiger partial charge in [0.25, 0.3) is 0 Å². The molecule has 29 heavy (non-hydrogen) atoms. The van der Waals surface area contributed by atoms with Gasteiger partial charge in [0.05, 0.1) is 23.1 Å². The molecule has 1 saturated heterocycles. The van der Waals surface area contributed by atoms with Crippen LogP contribution in [0.25, 0.3) is 0 Å². The fourth-order valence-corrected chi connectivity index (χ4v) is 4.58. The molecule has 0 unspecified atom stereocenters. The molecule has 0 amide bonds. The third-order valence-electron chi connectivity index (χ3n) is 4.94. The predicted octanol–water partition coefficient (Wildman–Crippen LogP) is 3.11. The van der Waals surface area contributed by atoms with Crippen LogP contribution < -0.4 is 4.74 Å². The number of ether oxygens (including phenoxy) is 2. The summed E-state index contributed by atoms with van der Waals surface area (Å²) in [7, 11) is -2.31. The number of methoxy groups -OCH3 is 1. The van der Waals surface area contributed by atoms with E-state index in [-0.39, 0.29) is 21.8 Å². The quantitative estimate of drug-likeness (QED) is 0.549. The third kappa shape index (κ3) is 4.83. The minimum Gasteiger partial charge on any atom is -0.465 e. The van der Waals surface area contributed by atoms with Crippen LogP contribution in [0.5, 0.6) is 5.75 Å². The maximum atomic E-state index is 12.8. The van der Waals surface area contributed by atoms with Crippen LogP contribution in [-0.4, -0.2) is 44.9 Å². The molecule has 1 heterocycles. The van der Waals surface area contributed by atoms with E-state index in [4.69, 9.17) is 4.74 Å². The third-order valence-corrected chi connectivity index (χ3v) is 6.85. The summed E-state index contributed by atoms with van der Waals surface area (Å²) in [6.45, 7) is 3.12. The summed E-state index contributed by atoms with van der Waals surface area (Å²) in [5.74, 6) is -0.472. The lowest BCUT2D eigenvalue weighted by molar-refractivity contribution is 0.0597. The molecule has 0 atom stereocenters. The van der Waals surface area contributed by atoms with E-state index in [2.05, 4.69) is 11.7 Å². The zero-order valence-corrected chi connectivity index (χ0v) is 17.1. The maximum Gasteiger partial charge on any atom is 0.343 e. The van der Waals surface area contributed by atoms with E-state index in [1.807, 2.05) is 0 Å². The van der Waals surface area contributed by atoms with Crippen molar-refractivity contribution in [2.75, 3.05) is 20.2 Å². The van der Waals surface area contributed by atoms with Gasteiger partial charge < -0.3 is 9.47 Å². The highest BCUT2D eigenvalue weighted by molar-refractivity contribution is 7.89. The van der Waals surface area contributed by atoms with Gasteiger partial charge in [-0.3, -0.25) is 0 Å². The molecule has 8 heteroatoms. The number of hydrogen-bond donors (Lipinski definition) is 0. The first-order valence-corrected chi connectivity index (χ1v) is 10.8. The second kappa shape index (κ2) is 8.75. The number of carbonyl (C=O) groups is 2. The Morgan fingerprint density at radius 2 is 1.62 bits per heavy atom. The SMILES string of the molecule is COC(=O)c1cccc(OC(=O)c2ccc(S(=O)(=O)N3CCC(C)CC3)cc2)c1. The zero-order valence-electron chi connectivity index (χ0n) is 16.3. The smallest absolute Gasteiger partial charge is 0.343 e. The van der Waals surface area contributed by atoms with Crippen molar-refractivity contribution in [3.05, 3.63) is 59.7 Å². The average Bonchev–Trinajstić information content (AvgIpc) is 2.73. The van der Waals surface area contributed by atoms with Crippen molar-refractivity contribution in [1.82, 2.24) is 4.31 Å². The highest BCUT2D eigenvalue weighted by atomic mass is 32.2. The van der Waals surface area contributed by atoms with Crippen LogP contribution in [0.15, 0.2) is 53.4 Å². The van der Waals surface area contributed by atoms with E-state index in [1.165, 1.54) is 41.7 Å². The Bertz CT molecular complexity index is 992. The van der Waals surface area contributed by atoms with Crippen LogP contribution in [-0.2, 0) is 14.8 Å². The Morgan fingerprint density at radius 3 is 2.24 bits per heavy atom. The topological polar surface area (TPSA) is 90.0 Å². The molecule has 0 aromatic heterocycles. The number of hydrogen-bond acceptors (Lipinski definition) is 6. The van der Waals surface area contributed by atoms with E-state index in [1.54, 1.807) is 18.2 Å². The number of carbonyl (C=O) groups excluding carboxylic acids is 2. The first kappa shape index (κ1) is 21.0. The fourth-order valence-electron chi connectivity index (χ4n) is 3.11. The Kier molecular flexibility index (Phi) is 6.34. The van der Waals surface area contributed by atoms with Crippen LogP contribution in [0.4, 0.5) is 0 Å². The molecule has 3 rings (SSSR count). The number of rotatable bonds is 5. The second-order valence-electron chi connectivity index (χ2n) is 7.02. The lowest BCUT2D eigenvalue weighted by Gasteiger charge is -2.29. The summed E-state index contributed by atoms with van der Waals surface area (Å²) in [6, 6.07) is 11.7. The van der Waals surface area contributed by atoms with Crippen molar-refractivity contribution in [1.29, 1.82) is 0 Å². The van der Waals surface area contributed by atoms with Gasteiger partial charge in [-0.2, -0.15) is 4.31 Å². The molecule has 0 saturated carbocycles. The summed E-state index contributed by atoms with van der Waals surface area (Å²) >= 11 is 0. The van der Waals surface area contributed by atoms with Crippen LogP contribution in [0.2, 0.25) is 0 Å². The van der Waals surface area contributed by atoms with E-state index in [9.17, 15) is 18.0 Å². The predicted molar refractivity (Wildman–Crippen MR) is 106 cm³/mol. The van der Waals surface area contributed by atoms with Gasteiger partial charge in [0.15, 0.2) is 0 Å². The minimum atomic E-state index is -3.58. The maximum absolute atomic E-state index is 12.8. The molecule has 154 valence electrons. The van der Waals surface area contributed by atoms with Gasteiger partial charge in [-0.25, -0.2) is 18.0 Å². The van der Waals surface area contributed by atoms with Crippen molar-refractivity contribution in [3.63, 3.8) is 0 Å². The van der Waals surface area contributed by atoms with E-state index in [0.717, 1.165) is 12.8 Å². The Morgan fingerprint density at radius 1 is 0.966 bits per heavy atom. The second-order valence-corrected chi connectivity index (χ2v) is 8.96. The molecule has 7 nitrogen and oxygen atoms in total. The number of esters is 2. The monoisotopic (exact) mass is 417 g/mol. The van der Waals surface area contributed by atoms with Crippen molar-refractivity contribution in [2.24, 2.45) is 5.92 Å².